The summed E-state index contributed by atoms with van der Waals surface area (Å²) in [5, 5.41) is 6.96. The van der Waals surface area contributed by atoms with Crippen LogP contribution in [-0.4, -0.2) is 36.5 Å². The third-order valence-corrected chi connectivity index (χ3v) is 2.73. The van der Waals surface area contributed by atoms with E-state index in [4.69, 9.17) is 9.47 Å². The first-order valence-electron chi connectivity index (χ1n) is 6.20. The fourth-order valence-electron chi connectivity index (χ4n) is 1.69. The highest BCUT2D eigenvalue weighted by molar-refractivity contribution is 6.02. The molecule has 106 valence electrons. The van der Waals surface area contributed by atoms with Gasteiger partial charge in [-0.1, -0.05) is 6.07 Å². The Morgan fingerprint density at radius 3 is 2.95 bits per heavy atom. The van der Waals surface area contributed by atoms with Gasteiger partial charge in [-0.05, 0) is 18.2 Å². The molecule has 0 bridgehead atoms. The van der Waals surface area contributed by atoms with Crippen molar-refractivity contribution in [3.8, 4) is 5.75 Å². The van der Waals surface area contributed by atoms with Crippen molar-refractivity contribution in [1.29, 1.82) is 0 Å². The molecule has 0 unspecified atom stereocenters. The second-order valence-corrected chi connectivity index (χ2v) is 4.14. The number of anilines is 1. The summed E-state index contributed by atoms with van der Waals surface area (Å²) >= 11 is 0. The van der Waals surface area contributed by atoms with Gasteiger partial charge in [0.05, 0.1) is 20.3 Å². The van der Waals surface area contributed by atoms with Crippen LogP contribution in [-0.2, 0) is 11.3 Å². The predicted molar refractivity (Wildman–Crippen MR) is 75.1 cm³/mol. The number of aromatic nitrogens is 2. The molecule has 0 atom stereocenters. The number of ether oxygens (including phenoxy) is 2. The quantitative estimate of drug-likeness (QED) is 0.873. The molecule has 2 rings (SSSR count). The van der Waals surface area contributed by atoms with E-state index >= 15 is 0 Å². The molecule has 0 radical (unpaired) electrons. The summed E-state index contributed by atoms with van der Waals surface area (Å²) in [4.78, 5) is 12.0. The topological polar surface area (TPSA) is 65.4 Å². The number of methoxy groups -OCH3 is 2. The second-order valence-electron chi connectivity index (χ2n) is 4.14. The molecule has 1 N–H and O–H groups in total. The van der Waals surface area contributed by atoms with Crippen LogP contribution in [0.15, 0.2) is 36.5 Å². The van der Waals surface area contributed by atoms with Crippen LogP contribution < -0.4 is 10.1 Å². The van der Waals surface area contributed by atoms with E-state index in [-0.39, 0.29) is 5.91 Å². The number of carbonyl (C=O) groups excluding carboxylic acids is 1. The van der Waals surface area contributed by atoms with Gasteiger partial charge in [0.15, 0.2) is 5.69 Å². The third-order valence-electron chi connectivity index (χ3n) is 2.73. The lowest BCUT2D eigenvalue weighted by Gasteiger charge is -2.05. The summed E-state index contributed by atoms with van der Waals surface area (Å²) in [5.74, 6) is 0.433. The van der Waals surface area contributed by atoms with Crippen LogP contribution in [0.1, 0.15) is 10.5 Å². The number of nitrogens with one attached hydrogen (secondary N) is 1. The zero-order valence-electron chi connectivity index (χ0n) is 11.5. The molecular weight excluding hydrogens is 258 g/mol. The average molecular weight is 275 g/mol. The first-order valence-corrected chi connectivity index (χ1v) is 6.20. The standard InChI is InChI=1S/C14H17N3O3/c1-19-9-8-17-7-6-13(16-17)14(18)15-11-4-3-5-12(10-11)20-2/h3-7,10H,8-9H2,1-2H3,(H,15,18). The Morgan fingerprint density at radius 2 is 2.20 bits per heavy atom. The Morgan fingerprint density at radius 1 is 1.35 bits per heavy atom. The van der Waals surface area contributed by atoms with E-state index in [1.807, 2.05) is 12.1 Å². The second kappa shape index (κ2) is 6.72. The fraction of sp³-hybridized carbons (Fsp3) is 0.286. The van der Waals surface area contributed by atoms with Crippen molar-refractivity contribution < 1.29 is 14.3 Å². The van der Waals surface area contributed by atoms with Crippen molar-refractivity contribution in [2.75, 3.05) is 26.1 Å². The molecule has 1 amide bonds. The van der Waals surface area contributed by atoms with Gasteiger partial charge >= 0.3 is 0 Å². The summed E-state index contributed by atoms with van der Waals surface area (Å²) < 4.78 is 11.7. The van der Waals surface area contributed by atoms with E-state index in [2.05, 4.69) is 10.4 Å². The Balaban J connectivity index is 2.02. The van der Waals surface area contributed by atoms with Crippen LogP contribution in [0, 0.1) is 0 Å². The number of rotatable bonds is 6. The molecule has 0 saturated heterocycles. The molecule has 1 heterocycles. The first-order chi connectivity index (χ1) is 9.72. The number of hydrogen-bond donors (Lipinski definition) is 1. The smallest absolute Gasteiger partial charge is 0.276 e. The lowest BCUT2D eigenvalue weighted by atomic mass is 10.3. The van der Waals surface area contributed by atoms with E-state index < -0.39 is 0 Å². The minimum atomic E-state index is -0.255. The Hall–Kier alpha value is -2.34. The molecule has 0 saturated carbocycles. The molecule has 0 aliphatic heterocycles. The van der Waals surface area contributed by atoms with Gasteiger partial charge in [-0.3, -0.25) is 9.48 Å². The highest BCUT2D eigenvalue weighted by Gasteiger charge is 2.10. The number of nitrogens with zero attached hydrogens (tertiary/aromatic N) is 2. The van der Waals surface area contributed by atoms with Crippen molar-refractivity contribution in [2.24, 2.45) is 0 Å². The van der Waals surface area contributed by atoms with Crippen molar-refractivity contribution in [3.63, 3.8) is 0 Å². The SMILES string of the molecule is COCCn1ccc(C(=O)Nc2cccc(OC)c2)n1. The van der Waals surface area contributed by atoms with E-state index in [0.717, 1.165) is 0 Å². The zero-order chi connectivity index (χ0) is 14.4. The maximum Gasteiger partial charge on any atom is 0.276 e. The predicted octanol–water partition coefficient (Wildman–Crippen LogP) is 1.79. The summed E-state index contributed by atoms with van der Waals surface area (Å²) in [6, 6.07) is 8.84. The Kier molecular flexibility index (Phi) is 4.73. The van der Waals surface area contributed by atoms with Gasteiger partial charge in [0.2, 0.25) is 0 Å². The summed E-state index contributed by atoms with van der Waals surface area (Å²) in [6.45, 7) is 1.17. The normalized spacial score (nSPS) is 10.3. The number of benzene rings is 1. The molecule has 6 heteroatoms. The van der Waals surface area contributed by atoms with E-state index in [0.29, 0.717) is 30.3 Å². The van der Waals surface area contributed by atoms with Crippen LogP contribution in [0.5, 0.6) is 5.75 Å². The van der Waals surface area contributed by atoms with Gasteiger partial charge in [0, 0.05) is 25.1 Å². The molecule has 2 aromatic rings. The summed E-state index contributed by atoms with van der Waals surface area (Å²) in [5.41, 5.74) is 1.03. The average Bonchev–Trinajstić information content (AvgIpc) is 2.94. The molecule has 0 spiro atoms. The van der Waals surface area contributed by atoms with Crippen LogP contribution in [0.25, 0.3) is 0 Å². The summed E-state index contributed by atoms with van der Waals surface area (Å²) in [7, 11) is 3.21. The van der Waals surface area contributed by atoms with Gasteiger partial charge in [-0.15, -0.1) is 0 Å². The van der Waals surface area contributed by atoms with E-state index in [1.165, 1.54) is 0 Å². The molecule has 1 aromatic carbocycles. The maximum absolute atomic E-state index is 12.0. The first kappa shape index (κ1) is 14.1. The highest BCUT2D eigenvalue weighted by Crippen LogP contribution is 2.17. The zero-order valence-corrected chi connectivity index (χ0v) is 11.5. The monoisotopic (exact) mass is 275 g/mol. The highest BCUT2D eigenvalue weighted by atomic mass is 16.5. The van der Waals surface area contributed by atoms with E-state index in [9.17, 15) is 4.79 Å². The Bertz CT molecular complexity index is 581. The van der Waals surface area contributed by atoms with Crippen LogP contribution in [0.3, 0.4) is 0 Å². The number of hydrogen-bond acceptors (Lipinski definition) is 4. The van der Waals surface area contributed by atoms with Crippen molar-refractivity contribution >= 4 is 11.6 Å². The van der Waals surface area contributed by atoms with Crippen LogP contribution >= 0.6 is 0 Å². The van der Waals surface area contributed by atoms with Crippen LogP contribution in [0.2, 0.25) is 0 Å². The fourth-order valence-corrected chi connectivity index (χ4v) is 1.69. The van der Waals surface area contributed by atoms with Gasteiger partial charge in [0.1, 0.15) is 5.75 Å². The molecule has 0 aliphatic rings. The third kappa shape index (κ3) is 3.58. The van der Waals surface area contributed by atoms with Crippen LogP contribution in [0.4, 0.5) is 5.69 Å². The maximum atomic E-state index is 12.0. The van der Waals surface area contributed by atoms with Crippen molar-refractivity contribution in [1.82, 2.24) is 9.78 Å². The number of carbonyl (C=O) groups is 1. The van der Waals surface area contributed by atoms with Crippen molar-refractivity contribution in [2.45, 2.75) is 6.54 Å². The largest absolute Gasteiger partial charge is 0.497 e. The molecule has 6 nitrogen and oxygen atoms in total. The van der Waals surface area contributed by atoms with Gasteiger partial charge < -0.3 is 14.8 Å². The molecule has 0 aliphatic carbocycles. The minimum Gasteiger partial charge on any atom is -0.497 e. The molecular formula is C14H17N3O3. The van der Waals surface area contributed by atoms with E-state index in [1.54, 1.807) is 43.3 Å². The lowest BCUT2D eigenvalue weighted by Crippen LogP contribution is -2.14. The minimum absolute atomic E-state index is 0.255. The molecule has 0 fully saturated rings. The van der Waals surface area contributed by atoms with Gasteiger partial charge in [0.25, 0.3) is 5.91 Å². The number of amides is 1. The summed E-state index contributed by atoms with van der Waals surface area (Å²) in [6.07, 6.45) is 1.75. The lowest BCUT2D eigenvalue weighted by molar-refractivity contribution is 0.102. The Labute approximate surface area is 117 Å². The van der Waals surface area contributed by atoms with Crippen molar-refractivity contribution in [3.05, 3.63) is 42.2 Å². The van der Waals surface area contributed by atoms with Gasteiger partial charge in [-0.25, -0.2) is 0 Å². The van der Waals surface area contributed by atoms with Gasteiger partial charge in [-0.2, -0.15) is 5.10 Å². The molecule has 1 aromatic heterocycles. The molecule has 20 heavy (non-hydrogen) atoms.